The van der Waals surface area contributed by atoms with Gasteiger partial charge in [-0.2, -0.15) is 0 Å². The maximum absolute atomic E-state index is 11.6. The number of halogens is 1. The third-order valence-corrected chi connectivity index (χ3v) is 3.95. The van der Waals surface area contributed by atoms with E-state index in [1.54, 1.807) is 16.2 Å². The minimum absolute atomic E-state index is 0.0297. The molecule has 0 aromatic carbocycles. The molecule has 1 aromatic heterocycles. The van der Waals surface area contributed by atoms with Gasteiger partial charge in [-0.3, -0.25) is 0 Å². The molecule has 2 amide bonds. The molecule has 0 radical (unpaired) electrons. The molecule has 1 heterocycles. The molecule has 82 valence electrons. The second-order valence-electron chi connectivity index (χ2n) is 3.81. The number of hydrogen-bond acceptors (Lipinski definition) is 2. The van der Waals surface area contributed by atoms with Crippen LogP contribution in [0.3, 0.4) is 0 Å². The van der Waals surface area contributed by atoms with Gasteiger partial charge in [0.05, 0.1) is 6.54 Å². The summed E-state index contributed by atoms with van der Waals surface area (Å²) in [5, 5.41) is 4.99. The van der Waals surface area contributed by atoms with Crippen molar-refractivity contribution in [3.63, 3.8) is 0 Å². The lowest BCUT2D eigenvalue weighted by molar-refractivity contribution is 0.207. The van der Waals surface area contributed by atoms with Crippen LogP contribution in [-0.2, 0) is 6.54 Å². The molecule has 1 aliphatic carbocycles. The summed E-state index contributed by atoms with van der Waals surface area (Å²) in [6, 6.07) is 2.50. The monoisotopic (exact) mass is 288 g/mol. The molecule has 0 saturated heterocycles. The molecule has 15 heavy (non-hydrogen) atoms. The Balaban J connectivity index is 1.84. The van der Waals surface area contributed by atoms with E-state index in [4.69, 9.17) is 0 Å². The van der Waals surface area contributed by atoms with Crippen molar-refractivity contribution in [1.82, 2.24) is 10.2 Å². The lowest BCUT2D eigenvalue weighted by Gasteiger charge is -2.16. The molecular weight excluding hydrogens is 276 g/mol. The van der Waals surface area contributed by atoms with E-state index in [1.807, 2.05) is 18.5 Å². The van der Waals surface area contributed by atoms with Crippen molar-refractivity contribution < 1.29 is 4.79 Å². The number of thiophene rings is 1. The summed E-state index contributed by atoms with van der Waals surface area (Å²) >= 11 is 5.06. The topological polar surface area (TPSA) is 32.3 Å². The molecule has 0 unspecified atom stereocenters. The van der Waals surface area contributed by atoms with Crippen molar-refractivity contribution in [3.8, 4) is 0 Å². The Morgan fingerprint density at radius 2 is 2.47 bits per heavy atom. The third-order valence-electron chi connectivity index (χ3n) is 2.27. The zero-order chi connectivity index (χ0) is 10.8. The van der Waals surface area contributed by atoms with Crippen LogP contribution in [0, 0.1) is 0 Å². The number of hydrogen-bond donors (Lipinski definition) is 1. The molecule has 0 spiro atoms. The van der Waals surface area contributed by atoms with E-state index in [1.165, 1.54) is 4.88 Å². The van der Waals surface area contributed by atoms with E-state index in [2.05, 4.69) is 21.2 Å². The standard InChI is InChI=1S/C10H13BrN2OS/c1-13(10(14)12-8-2-3-8)5-9-4-7(11)6-15-9/h4,6,8H,2-3,5H2,1H3,(H,12,14). The highest BCUT2D eigenvalue weighted by molar-refractivity contribution is 9.10. The quantitative estimate of drug-likeness (QED) is 0.911. The number of nitrogens with one attached hydrogen (secondary N) is 1. The van der Waals surface area contributed by atoms with E-state index in [-0.39, 0.29) is 6.03 Å². The number of nitrogens with zero attached hydrogens (tertiary/aromatic N) is 1. The molecule has 0 aliphatic heterocycles. The first-order chi connectivity index (χ1) is 7.15. The lowest BCUT2D eigenvalue weighted by atomic mass is 10.4. The Labute approximate surface area is 102 Å². The van der Waals surface area contributed by atoms with Gasteiger partial charge in [-0.25, -0.2) is 4.79 Å². The van der Waals surface area contributed by atoms with Crippen LogP contribution in [0.5, 0.6) is 0 Å². The first-order valence-corrected chi connectivity index (χ1v) is 6.57. The summed E-state index contributed by atoms with van der Waals surface area (Å²) in [5.41, 5.74) is 0. The van der Waals surface area contributed by atoms with Gasteiger partial charge in [-0.1, -0.05) is 0 Å². The molecule has 1 saturated carbocycles. The summed E-state index contributed by atoms with van der Waals surface area (Å²) in [5.74, 6) is 0. The van der Waals surface area contributed by atoms with Gasteiger partial charge >= 0.3 is 6.03 Å². The number of carbonyl (C=O) groups excluding carboxylic acids is 1. The lowest BCUT2D eigenvalue weighted by Crippen LogP contribution is -2.37. The van der Waals surface area contributed by atoms with Gasteiger partial charge in [0, 0.05) is 27.8 Å². The molecule has 1 aliphatic rings. The summed E-state index contributed by atoms with van der Waals surface area (Å²) in [6.07, 6.45) is 2.26. The molecule has 0 atom stereocenters. The molecule has 0 bridgehead atoms. The summed E-state index contributed by atoms with van der Waals surface area (Å²) in [6.45, 7) is 0.675. The fourth-order valence-electron chi connectivity index (χ4n) is 1.25. The SMILES string of the molecule is CN(Cc1cc(Br)cs1)C(=O)NC1CC1. The van der Waals surface area contributed by atoms with Crippen molar-refractivity contribution in [2.24, 2.45) is 0 Å². The van der Waals surface area contributed by atoms with Crippen LogP contribution in [0.2, 0.25) is 0 Å². The van der Waals surface area contributed by atoms with Crippen LogP contribution in [0.1, 0.15) is 17.7 Å². The van der Waals surface area contributed by atoms with Crippen molar-refractivity contribution in [2.75, 3.05) is 7.05 Å². The van der Waals surface area contributed by atoms with Crippen LogP contribution < -0.4 is 5.32 Å². The van der Waals surface area contributed by atoms with Gasteiger partial charge in [0.1, 0.15) is 0 Å². The summed E-state index contributed by atoms with van der Waals surface area (Å²) < 4.78 is 1.08. The van der Waals surface area contributed by atoms with Gasteiger partial charge in [0.2, 0.25) is 0 Å². The average molecular weight is 289 g/mol. The third kappa shape index (κ3) is 3.21. The average Bonchev–Trinajstić information content (AvgIpc) is 2.90. The van der Waals surface area contributed by atoms with Gasteiger partial charge < -0.3 is 10.2 Å². The molecule has 1 aromatic rings. The predicted molar refractivity (Wildman–Crippen MR) is 65.0 cm³/mol. The predicted octanol–water partition coefficient (Wildman–Crippen LogP) is 2.81. The van der Waals surface area contributed by atoms with E-state index in [9.17, 15) is 4.79 Å². The minimum atomic E-state index is 0.0297. The maximum atomic E-state index is 11.6. The highest BCUT2D eigenvalue weighted by Gasteiger charge is 2.24. The van der Waals surface area contributed by atoms with E-state index in [0.29, 0.717) is 12.6 Å². The van der Waals surface area contributed by atoms with Crippen LogP contribution in [0.4, 0.5) is 4.79 Å². The zero-order valence-corrected chi connectivity index (χ0v) is 10.9. The largest absolute Gasteiger partial charge is 0.335 e. The molecule has 1 N–H and O–H groups in total. The highest BCUT2D eigenvalue weighted by Crippen LogP contribution is 2.22. The fourth-order valence-corrected chi connectivity index (χ4v) is 2.76. The van der Waals surface area contributed by atoms with Gasteiger partial charge in [-0.15, -0.1) is 11.3 Å². The van der Waals surface area contributed by atoms with Gasteiger partial charge in [0.25, 0.3) is 0 Å². The second kappa shape index (κ2) is 4.53. The molecule has 3 nitrogen and oxygen atoms in total. The molecule has 5 heteroatoms. The Bertz CT molecular complexity index is 362. The normalized spacial score (nSPS) is 15.1. The minimum Gasteiger partial charge on any atom is -0.335 e. The summed E-state index contributed by atoms with van der Waals surface area (Å²) in [7, 11) is 1.82. The maximum Gasteiger partial charge on any atom is 0.317 e. The van der Waals surface area contributed by atoms with E-state index in [0.717, 1.165) is 17.3 Å². The van der Waals surface area contributed by atoms with Crippen molar-refractivity contribution in [2.45, 2.75) is 25.4 Å². The Morgan fingerprint density at radius 1 is 1.73 bits per heavy atom. The number of rotatable bonds is 3. The first-order valence-electron chi connectivity index (χ1n) is 4.89. The molecular formula is C10H13BrN2OS. The van der Waals surface area contributed by atoms with Crippen LogP contribution in [0.25, 0.3) is 0 Å². The smallest absolute Gasteiger partial charge is 0.317 e. The van der Waals surface area contributed by atoms with Gasteiger partial charge in [0.15, 0.2) is 0 Å². The summed E-state index contributed by atoms with van der Waals surface area (Å²) in [4.78, 5) is 14.5. The molecule has 2 rings (SSSR count). The fraction of sp³-hybridized carbons (Fsp3) is 0.500. The first kappa shape index (κ1) is 11.0. The Kier molecular flexibility index (Phi) is 3.31. The second-order valence-corrected chi connectivity index (χ2v) is 5.72. The van der Waals surface area contributed by atoms with E-state index >= 15 is 0 Å². The van der Waals surface area contributed by atoms with E-state index < -0.39 is 0 Å². The highest BCUT2D eigenvalue weighted by atomic mass is 79.9. The number of urea groups is 1. The Hall–Kier alpha value is -0.550. The van der Waals surface area contributed by atoms with Crippen LogP contribution >= 0.6 is 27.3 Å². The van der Waals surface area contributed by atoms with Crippen LogP contribution in [0.15, 0.2) is 15.9 Å². The van der Waals surface area contributed by atoms with Crippen molar-refractivity contribution >= 4 is 33.3 Å². The van der Waals surface area contributed by atoms with Crippen molar-refractivity contribution in [1.29, 1.82) is 0 Å². The zero-order valence-electron chi connectivity index (χ0n) is 8.50. The van der Waals surface area contributed by atoms with Crippen LogP contribution in [-0.4, -0.2) is 24.0 Å². The Morgan fingerprint density at radius 3 is 3.00 bits per heavy atom. The number of amides is 2. The molecule has 1 fully saturated rings. The van der Waals surface area contributed by atoms with Gasteiger partial charge in [-0.05, 0) is 34.8 Å². The van der Waals surface area contributed by atoms with Crippen molar-refractivity contribution in [3.05, 3.63) is 20.8 Å². The number of carbonyl (C=O) groups is 1.